The number of hydrogen-bond donors (Lipinski definition) is 3. The van der Waals surface area contributed by atoms with Gasteiger partial charge in [-0.25, -0.2) is 4.98 Å². The zero-order valence-corrected chi connectivity index (χ0v) is 22.8. The van der Waals surface area contributed by atoms with Crippen molar-refractivity contribution in [3.8, 4) is 17.4 Å². The van der Waals surface area contributed by atoms with Gasteiger partial charge in [0, 0.05) is 41.6 Å². The number of nitriles is 1. The van der Waals surface area contributed by atoms with Crippen LogP contribution in [-0.4, -0.2) is 50.1 Å². The van der Waals surface area contributed by atoms with Crippen molar-refractivity contribution in [3.05, 3.63) is 35.9 Å². The van der Waals surface area contributed by atoms with Crippen LogP contribution in [-0.2, 0) is 10.2 Å². The number of aromatic nitrogens is 1. The van der Waals surface area contributed by atoms with Gasteiger partial charge in [0.05, 0.1) is 23.3 Å². The quantitative estimate of drug-likeness (QED) is 0.460. The summed E-state index contributed by atoms with van der Waals surface area (Å²) in [4.78, 5) is 20.5. The van der Waals surface area contributed by atoms with E-state index in [1.807, 2.05) is 24.3 Å². The van der Waals surface area contributed by atoms with E-state index in [1.54, 1.807) is 0 Å². The molecule has 0 radical (unpaired) electrons. The molecule has 200 valence electrons. The molecule has 1 aromatic heterocycles. The molecule has 0 bridgehead atoms. The van der Waals surface area contributed by atoms with E-state index in [-0.39, 0.29) is 23.2 Å². The molecule has 2 aliphatic carbocycles. The zero-order valence-electron chi connectivity index (χ0n) is 22.0. The summed E-state index contributed by atoms with van der Waals surface area (Å²) < 4.78 is 26.3. The zero-order chi connectivity index (χ0) is 26.4. The van der Waals surface area contributed by atoms with Crippen molar-refractivity contribution in [1.29, 1.82) is 5.26 Å². The second-order valence-corrected chi connectivity index (χ2v) is 14.3. The highest BCUT2D eigenvalue weighted by Gasteiger charge is 2.47. The molecule has 2 heterocycles. The first-order valence-electron chi connectivity index (χ1n) is 13.3. The van der Waals surface area contributed by atoms with Crippen molar-refractivity contribution in [2.45, 2.75) is 76.2 Å². The maximum Gasteiger partial charge on any atom is 0.225 e. The van der Waals surface area contributed by atoms with Gasteiger partial charge in [-0.3, -0.25) is 13.9 Å². The summed E-state index contributed by atoms with van der Waals surface area (Å²) in [5.74, 6) is 1.83. The first kappa shape index (κ1) is 26.1. The SMILES string of the molecule is CC(C)(C)c1nc([C@@H]2CCCC[C@H]2C(=O)NC2(C#N)CC2)c(-c2ccc(N3CCS(O)(O)CC3)cc2)o1. The highest BCUT2D eigenvalue weighted by atomic mass is 32.3. The van der Waals surface area contributed by atoms with Crippen LogP contribution in [0.25, 0.3) is 11.3 Å². The summed E-state index contributed by atoms with van der Waals surface area (Å²) in [5.41, 5.74) is 1.83. The lowest BCUT2D eigenvalue weighted by atomic mass is 9.76. The monoisotopic (exact) mass is 526 g/mol. The molecule has 3 N–H and O–H groups in total. The highest BCUT2D eigenvalue weighted by molar-refractivity contribution is 8.24. The van der Waals surface area contributed by atoms with E-state index in [0.29, 0.717) is 30.5 Å². The number of anilines is 1. The molecule has 9 heteroatoms. The second kappa shape index (κ2) is 9.64. The minimum Gasteiger partial charge on any atom is -0.440 e. The van der Waals surface area contributed by atoms with Crippen molar-refractivity contribution < 1.29 is 18.3 Å². The summed E-state index contributed by atoms with van der Waals surface area (Å²) in [6, 6.07) is 10.4. The first-order chi connectivity index (χ1) is 17.5. The molecule has 37 heavy (non-hydrogen) atoms. The maximum atomic E-state index is 13.4. The Morgan fingerprint density at radius 2 is 1.81 bits per heavy atom. The Kier molecular flexibility index (Phi) is 6.80. The normalized spacial score (nSPS) is 25.7. The van der Waals surface area contributed by atoms with Crippen molar-refractivity contribution in [2.24, 2.45) is 5.92 Å². The molecule has 0 spiro atoms. The third kappa shape index (κ3) is 5.52. The van der Waals surface area contributed by atoms with Crippen LogP contribution in [0.4, 0.5) is 5.69 Å². The summed E-state index contributed by atoms with van der Waals surface area (Å²) in [6.07, 6.45) is 5.10. The van der Waals surface area contributed by atoms with Crippen LogP contribution in [0, 0.1) is 17.2 Å². The number of nitrogens with one attached hydrogen (secondary N) is 1. The minimum atomic E-state index is -2.44. The third-order valence-corrected chi connectivity index (χ3v) is 9.62. The fourth-order valence-electron chi connectivity index (χ4n) is 5.41. The summed E-state index contributed by atoms with van der Waals surface area (Å²) in [5, 5.41) is 12.5. The lowest BCUT2D eigenvalue weighted by molar-refractivity contribution is -0.127. The Balaban J connectivity index is 1.45. The lowest BCUT2D eigenvalue weighted by Gasteiger charge is -2.41. The molecule has 0 unspecified atom stereocenters. The smallest absolute Gasteiger partial charge is 0.225 e. The fourth-order valence-corrected chi connectivity index (χ4v) is 6.64. The van der Waals surface area contributed by atoms with Crippen LogP contribution >= 0.6 is 10.6 Å². The molecule has 1 aliphatic heterocycles. The van der Waals surface area contributed by atoms with Crippen molar-refractivity contribution in [2.75, 3.05) is 29.5 Å². The Bertz CT molecular complexity index is 1180. The molecule has 2 atom stereocenters. The average molecular weight is 527 g/mol. The summed E-state index contributed by atoms with van der Waals surface area (Å²) >= 11 is 0. The van der Waals surface area contributed by atoms with Gasteiger partial charge in [-0.15, -0.1) is 0 Å². The summed E-state index contributed by atoms with van der Waals surface area (Å²) in [7, 11) is -2.44. The van der Waals surface area contributed by atoms with Crippen LogP contribution in [0.1, 0.15) is 76.8 Å². The van der Waals surface area contributed by atoms with E-state index in [0.717, 1.165) is 61.2 Å². The third-order valence-electron chi connectivity index (χ3n) is 7.95. The average Bonchev–Trinajstić information content (AvgIpc) is 3.49. The van der Waals surface area contributed by atoms with Crippen LogP contribution < -0.4 is 10.2 Å². The Morgan fingerprint density at radius 3 is 2.41 bits per heavy atom. The van der Waals surface area contributed by atoms with Gasteiger partial charge in [-0.2, -0.15) is 15.9 Å². The predicted octanol–water partition coefficient (Wildman–Crippen LogP) is 5.66. The molecular formula is C28H38N4O4S. The van der Waals surface area contributed by atoms with Gasteiger partial charge in [-0.05, 0) is 49.9 Å². The van der Waals surface area contributed by atoms with Crippen LogP contribution in [0.2, 0.25) is 0 Å². The van der Waals surface area contributed by atoms with Gasteiger partial charge < -0.3 is 14.6 Å². The van der Waals surface area contributed by atoms with Crippen LogP contribution in [0.3, 0.4) is 0 Å². The van der Waals surface area contributed by atoms with Gasteiger partial charge >= 0.3 is 0 Å². The van der Waals surface area contributed by atoms with Gasteiger partial charge in [0.2, 0.25) is 11.8 Å². The first-order valence-corrected chi connectivity index (χ1v) is 15.2. The van der Waals surface area contributed by atoms with Crippen molar-refractivity contribution >= 4 is 22.2 Å². The Labute approximate surface area is 220 Å². The topological polar surface area (TPSA) is 123 Å². The predicted molar refractivity (Wildman–Crippen MR) is 146 cm³/mol. The molecule has 3 aliphatic rings. The highest BCUT2D eigenvalue weighted by Crippen LogP contribution is 2.45. The largest absolute Gasteiger partial charge is 0.440 e. The number of hydrogen-bond acceptors (Lipinski definition) is 7. The molecule has 5 rings (SSSR count). The van der Waals surface area contributed by atoms with Gasteiger partial charge in [-0.1, -0.05) is 33.6 Å². The molecule has 2 saturated carbocycles. The van der Waals surface area contributed by atoms with Gasteiger partial charge in [0.1, 0.15) is 5.54 Å². The maximum absolute atomic E-state index is 13.4. The number of rotatable bonds is 5. The van der Waals surface area contributed by atoms with Crippen LogP contribution in [0.5, 0.6) is 0 Å². The molecule has 2 aromatic rings. The molecule has 1 saturated heterocycles. The van der Waals surface area contributed by atoms with Crippen molar-refractivity contribution in [1.82, 2.24) is 10.3 Å². The van der Waals surface area contributed by atoms with Crippen LogP contribution in [0.15, 0.2) is 28.7 Å². The number of benzene rings is 1. The molecule has 3 fully saturated rings. The molecule has 8 nitrogen and oxygen atoms in total. The van der Waals surface area contributed by atoms with E-state index in [9.17, 15) is 19.2 Å². The van der Waals surface area contributed by atoms with E-state index in [4.69, 9.17) is 9.40 Å². The van der Waals surface area contributed by atoms with Gasteiger partial charge in [0.25, 0.3) is 0 Å². The standard InChI is InChI=1S/C28H38N4O4S/c1-27(2,3)26-30-23(21-6-4-5-7-22(21)25(33)31-28(18-29)12-13-28)24(36-26)19-8-10-20(11-9-19)32-14-16-37(34,35)17-15-32/h8-11,21-22,34-35H,4-7,12-17H2,1-3H3,(H,31,33)/t21-,22-/m1/s1. The number of carbonyl (C=O) groups excluding carboxylic acids is 1. The van der Waals surface area contributed by atoms with E-state index in [2.05, 4.69) is 37.1 Å². The Morgan fingerprint density at radius 1 is 1.16 bits per heavy atom. The van der Waals surface area contributed by atoms with Gasteiger partial charge in [0.15, 0.2) is 5.76 Å². The molecule has 1 aromatic carbocycles. The number of nitrogens with zero attached hydrogens (tertiary/aromatic N) is 3. The summed E-state index contributed by atoms with van der Waals surface area (Å²) in [6.45, 7) is 7.46. The fraction of sp³-hybridized carbons (Fsp3) is 0.607. The number of amides is 1. The molecule has 1 amide bonds. The number of carbonyl (C=O) groups is 1. The van der Waals surface area contributed by atoms with E-state index < -0.39 is 16.1 Å². The van der Waals surface area contributed by atoms with E-state index in [1.165, 1.54) is 0 Å². The minimum absolute atomic E-state index is 0.0403. The van der Waals surface area contributed by atoms with Crippen molar-refractivity contribution in [3.63, 3.8) is 0 Å². The second-order valence-electron chi connectivity index (χ2n) is 11.9. The Hall–Kier alpha value is -2.54. The lowest BCUT2D eigenvalue weighted by Crippen LogP contribution is -2.42. The number of oxazole rings is 1. The van der Waals surface area contributed by atoms with E-state index >= 15 is 0 Å². The molecular weight excluding hydrogens is 488 g/mol.